The van der Waals surface area contributed by atoms with Crippen LogP contribution in [0.4, 0.5) is 5.69 Å². The van der Waals surface area contributed by atoms with Crippen molar-refractivity contribution in [2.24, 2.45) is 0 Å². The zero-order valence-corrected chi connectivity index (χ0v) is 13.3. The maximum absolute atomic E-state index is 12.5. The van der Waals surface area contributed by atoms with Crippen LogP contribution in [0.2, 0.25) is 0 Å². The smallest absolute Gasteiger partial charge is 0.272 e. The van der Waals surface area contributed by atoms with E-state index in [1.807, 2.05) is 35.4 Å². The first kappa shape index (κ1) is 15.4. The molecule has 120 valence electrons. The number of pyridine rings is 2. The molecular formula is C17H21N5O. The first-order valence-corrected chi connectivity index (χ1v) is 7.79. The monoisotopic (exact) mass is 311 g/mol. The van der Waals surface area contributed by atoms with Crippen LogP contribution in [0, 0.1) is 0 Å². The lowest BCUT2D eigenvalue weighted by molar-refractivity contribution is 0.0658. The lowest BCUT2D eigenvalue weighted by Crippen LogP contribution is -2.47. The standard InChI is InChI=1S/C17H21N5O/c1-21-7-9-22(10-8-21)17(23)16-11-15(4-6-19-16)20-13-14-3-2-5-18-12-14/h2-6,11-12H,7-10,13H2,1H3,(H,19,20). The Hall–Kier alpha value is -2.47. The van der Waals surface area contributed by atoms with E-state index in [9.17, 15) is 4.79 Å². The van der Waals surface area contributed by atoms with Gasteiger partial charge in [0, 0.05) is 57.0 Å². The van der Waals surface area contributed by atoms with Gasteiger partial charge in [0.15, 0.2) is 0 Å². The normalized spacial score (nSPS) is 15.4. The van der Waals surface area contributed by atoms with Crippen LogP contribution in [0.1, 0.15) is 16.1 Å². The Kier molecular flexibility index (Phi) is 4.83. The van der Waals surface area contributed by atoms with E-state index in [1.165, 1.54) is 0 Å². The molecule has 6 nitrogen and oxygen atoms in total. The number of aromatic nitrogens is 2. The van der Waals surface area contributed by atoms with E-state index in [0.29, 0.717) is 12.2 Å². The number of amides is 1. The lowest BCUT2D eigenvalue weighted by atomic mass is 10.2. The van der Waals surface area contributed by atoms with Crippen LogP contribution in [0.15, 0.2) is 42.9 Å². The van der Waals surface area contributed by atoms with Crippen molar-refractivity contribution in [1.82, 2.24) is 19.8 Å². The molecule has 0 unspecified atom stereocenters. The van der Waals surface area contributed by atoms with Crippen LogP contribution in [0.25, 0.3) is 0 Å². The molecule has 1 N–H and O–H groups in total. The summed E-state index contributed by atoms with van der Waals surface area (Å²) in [6.45, 7) is 3.99. The molecule has 0 radical (unpaired) electrons. The number of anilines is 1. The van der Waals surface area contributed by atoms with E-state index in [4.69, 9.17) is 0 Å². The minimum atomic E-state index is 0.00290. The van der Waals surface area contributed by atoms with Crippen LogP contribution in [0.3, 0.4) is 0 Å². The lowest BCUT2D eigenvalue weighted by Gasteiger charge is -2.32. The third kappa shape index (κ3) is 4.04. The second kappa shape index (κ2) is 7.19. The highest BCUT2D eigenvalue weighted by molar-refractivity contribution is 5.93. The average molecular weight is 311 g/mol. The number of nitrogens with one attached hydrogen (secondary N) is 1. The third-order valence-corrected chi connectivity index (χ3v) is 3.99. The van der Waals surface area contributed by atoms with Gasteiger partial charge in [0.05, 0.1) is 0 Å². The summed E-state index contributed by atoms with van der Waals surface area (Å²) in [6.07, 6.45) is 5.25. The van der Waals surface area contributed by atoms with Crippen molar-refractivity contribution in [3.63, 3.8) is 0 Å². The number of rotatable bonds is 4. The third-order valence-electron chi connectivity index (χ3n) is 3.99. The maximum atomic E-state index is 12.5. The number of hydrogen-bond acceptors (Lipinski definition) is 5. The molecule has 0 bridgehead atoms. The highest BCUT2D eigenvalue weighted by Gasteiger charge is 2.21. The Labute approximate surface area is 136 Å². The topological polar surface area (TPSA) is 61.4 Å². The Morgan fingerprint density at radius 1 is 1.22 bits per heavy atom. The van der Waals surface area contributed by atoms with Crippen LogP contribution < -0.4 is 5.32 Å². The van der Waals surface area contributed by atoms with Crippen molar-refractivity contribution < 1.29 is 4.79 Å². The zero-order valence-electron chi connectivity index (χ0n) is 13.3. The van der Waals surface area contributed by atoms with Gasteiger partial charge < -0.3 is 15.1 Å². The molecule has 1 amide bonds. The highest BCUT2D eigenvalue weighted by Crippen LogP contribution is 2.12. The van der Waals surface area contributed by atoms with Crippen LogP contribution in [-0.4, -0.2) is 58.9 Å². The van der Waals surface area contributed by atoms with E-state index in [2.05, 4.69) is 27.2 Å². The summed E-state index contributed by atoms with van der Waals surface area (Å²) < 4.78 is 0. The summed E-state index contributed by atoms with van der Waals surface area (Å²) >= 11 is 0. The Bertz CT molecular complexity index is 653. The van der Waals surface area contributed by atoms with Gasteiger partial charge in [-0.25, -0.2) is 0 Å². The Morgan fingerprint density at radius 2 is 2.04 bits per heavy atom. The first-order chi connectivity index (χ1) is 11.2. The molecular weight excluding hydrogens is 290 g/mol. The molecule has 1 saturated heterocycles. The zero-order chi connectivity index (χ0) is 16.1. The van der Waals surface area contributed by atoms with Crippen molar-refractivity contribution in [2.75, 3.05) is 38.5 Å². The molecule has 23 heavy (non-hydrogen) atoms. The molecule has 1 aliphatic rings. The van der Waals surface area contributed by atoms with Crippen molar-refractivity contribution in [3.8, 4) is 0 Å². The van der Waals surface area contributed by atoms with Crippen molar-refractivity contribution in [1.29, 1.82) is 0 Å². The molecule has 2 aromatic heterocycles. The highest BCUT2D eigenvalue weighted by atomic mass is 16.2. The molecule has 2 aromatic rings. The first-order valence-electron chi connectivity index (χ1n) is 7.79. The molecule has 3 heterocycles. The predicted molar refractivity (Wildman–Crippen MR) is 89.2 cm³/mol. The van der Waals surface area contributed by atoms with Gasteiger partial charge in [0.25, 0.3) is 5.91 Å². The molecule has 0 spiro atoms. The van der Waals surface area contributed by atoms with Crippen LogP contribution in [0.5, 0.6) is 0 Å². The summed E-state index contributed by atoms with van der Waals surface area (Å²) in [5.74, 6) is 0.00290. The number of piperazine rings is 1. The van der Waals surface area contributed by atoms with Gasteiger partial charge in [-0.3, -0.25) is 14.8 Å². The SMILES string of the molecule is CN1CCN(C(=O)c2cc(NCc3cccnc3)ccn2)CC1. The fourth-order valence-electron chi connectivity index (χ4n) is 2.54. The molecule has 0 saturated carbocycles. The van der Waals surface area contributed by atoms with Gasteiger partial charge in [0.2, 0.25) is 0 Å². The summed E-state index contributed by atoms with van der Waals surface area (Å²) in [4.78, 5) is 25.0. The Morgan fingerprint density at radius 3 is 2.78 bits per heavy atom. The molecule has 3 rings (SSSR count). The van der Waals surface area contributed by atoms with E-state index < -0.39 is 0 Å². The predicted octanol–water partition coefficient (Wildman–Crippen LogP) is 1.48. The van der Waals surface area contributed by atoms with Crippen molar-refractivity contribution in [3.05, 3.63) is 54.1 Å². The minimum Gasteiger partial charge on any atom is -0.381 e. The number of nitrogens with zero attached hydrogens (tertiary/aromatic N) is 4. The van der Waals surface area contributed by atoms with E-state index >= 15 is 0 Å². The second-order valence-corrected chi connectivity index (χ2v) is 5.74. The molecule has 0 aromatic carbocycles. The van der Waals surface area contributed by atoms with Gasteiger partial charge in [-0.1, -0.05) is 6.07 Å². The molecule has 0 aliphatic carbocycles. The molecule has 6 heteroatoms. The fourth-order valence-corrected chi connectivity index (χ4v) is 2.54. The summed E-state index contributed by atoms with van der Waals surface area (Å²) in [7, 11) is 2.07. The van der Waals surface area contributed by atoms with Gasteiger partial charge in [-0.2, -0.15) is 0 Å². The summed E-state index contributed by atoms with van der Waals surface area (Å²) in [5, 5.41) is 3.31. The van der Waals surface area contributed by atoms with Gasteiger partial charge in [0.1, 0.15) is 5.69 Å². The largest absolute Gasteiger partial charge is 0.381 e. The quantitative estimate of drug-likeness (QED) is 0.926. The fraction of sp³-hybridized carbons (Fsp3) is 0.353. The average Bonchev–Trinajstić information content (AvgIpc) is 2.61. The van der Waals surface area contributed by atoms with Gasteiger partial charge in [-0.05, 0) is 30.8 Å². The number of hydrogen-bond donors (Lipinski definition) is 1. The van der Waals surface area contributed by atoms with E-state index in [-0.39, 0.29) is 5.91 Å². The van der Waals surface area contributed by atoms with Crippen molar-refractivity contribution >= 4 is 11.6 Å². The van der Waals surface area contributed by atoms with E-state index in [1.54, 1.807) is 12.4 Å². The summed E-state index contributed by atoms with van der Waals surface area (Å²) in [6, 6.07) is 7.61. The number of carbonyl (C=O) groups excluding carboxylic acids is 1. The van der Waals surface area contributed by atoms with Crippen molar-refractivity contribution in [2.45, 2.75) is 6.54 Å². The number of likely N-dealkylation sites (N-methyl/N-ethyl adjacent to an activating group) is 1. The van der Waals surface area contributed by atoms with Gasteiger partial charge in [-0.15, -0.1) is 0 Å². The number of carbonyl (C=O) groups is 1. The maximum Gasteiger partial charge on any atom is 0.272 e. The van der Waals surface area contributed by atoms with E-state index in [0.717, 1.165) is 37.4 Å². The minimum absolute atomic E-state index is 0.00290. The van der Waals surface area contributed by atoms with Gasteiger partial charge >= 0.3 is 0 Å². The molecule has 0 atom stereocenters. The molecule has 1 aliphatic heterocycles. The molecule has 1 fully saturated rings. The Balaban J connectivity index is 1.64. The summed E-state index contributed by atoms with van der Waals surface area (Å²) in [5.41, 5.74) is 2.48. The second-order valence-electron chi connectivity index (χ2n) is 5.74. The van der Waals surface area contributed by atoms with Crippen LogP contribution in [-0.2, 0) is 6.54 Å². The van der Waals surface area contributed by atoms with Crippen LogP contribution >= 0.6 is 0 Å².